The monoisotopic (exact) mass is 280 g/mol. The van der Waals surface area contributed by atoms with Crippen molar-refractivity contribution in [1.82, 2.24) is 14.8 Å². The lowest BCUT2D eigenvalue weighted by Crippen LogP contribution is -2.12. The number of benzene rings is 1. The number of anilines is 1. The van der Waals surface area contributed by atoms with Crippen LogP contribution in [0.4, 0.5) is 5.69 Å². The number of hydrogen-bond acceptors (Lipinski definition) is 6. The summed E-state index contributed by atoms with van der Waals surface area (Å²) < 4.78 is 6.00. The van der Waals surface area contributed by atoms with E-state index in [-0.39, 0.29) is 5.69 Å². The minimum Gasteiger partial charge on any atom is -0.465 e. The molecule has 1 aromatic carbocycles. The Bertz CT molecular complexity index is 677. The van der Waals surface area contributed by atoms with Gasteiger partial charge in [0, 0.05) is 17.6 Å². The molecule has 0 unspecified atom stereocenters. The van der Waals surface area contributed by atoms with Crippen molar-refractivity contribution in [3.63, 3.8) is 0 Å². The molecule has 1 heterocycles. The average Bonchev–Trinajstić information content (AvgIpc) is 2.72. The van der Waals surface area contributed by atoms with Gasteiger partial charge < -0.3 is 10.5 Å². The van der Waals surface area contributed by atoms with E-state index in [4.69, 9.17) is 5.73 Å². The normalized spacial score (nSPS) is 10.4. The maximum atomic E-state index is 11.5. The van der Waals surface area contributed by atoms with E-state index in [0.717, 1.165) is 0 Å². The lowest BCUT2D eigenvalue weighted by atomic mass is 10.2. The molecule has 2 rings (SSSR count). The third-order valence-electron chi connectivity index (χ3n) is 2.47. The van der Waals surface area contributed by atoms with Crippen LogP contribution in [0.5, 0.6) is 0 Å². The van der Waals surface area contributed by atoms with Crippen molar-refractivity contribution < 1.29 is 9.53 Å². The summed E-state index contributed by atoms with van der Waals surface area (Å²) in [7, 11) is 2.90. The summed E-state index contributed by atoms with van der Waals surface area (Å²) in [4.78, 5) is 23.3. The number of esters is 1. The van der Waals surface area contributed by atoms with E-state index >= 15 is 0 Å². The molecule has 3 N–H and O–H groups in total. The van der Waals surface area contributed by atoms with E-state index < -0.39 is 5.97 Å². The van der Waals surface area contributed by atoms with Gasteiger partial charge in [-0.2, -0.15) is 0 Å². The van der Waals surface area contributed by atoms with Gasteiger partial charge in [0.1, 0.15) is 0 Å². The van der Waals surface area contributed by atoms with E-state index in [9.17, 15) is 9.59 Å². The van der Waals surface area contributed by atoms with Crippen molar-refractivity contribution in [2.75, 3.05) is 12.8 Å². The third-order valence-corrected chi connectivity index (χ3v) is 3.60. The molecule has 0 spiro atoms. The molecule has 8 heteroatoms. The molecule has 100 valence electrons. The molecule has 0 saturated carbocycles. The zero-order valence-corrected chi connectivity index (χ0v) is 11.2. The number of aromatic nitrogens is 3. The molecule has 1 aromatic heterocycles. The van der Waals surface area contributed by atoms with Crippen LogP contribution in [0.1, 0.15) is 10.4 Å². The minimum atomic E-state index is -0.447. The van der Waals surface area contributed by atoms with Crippen molar-refractivity contribution in [3.05, 3.63) is 34.2 Å². The second-order valence-electron chi connectivity index (χ2n) is 3.72. The largest absolute Gasteiger partial charge is 0.465 e. The predicted octanol–water partition coefficient (Wildman–Crippen LogP) is 0.628. The fourth-order valence-electron chi connectivity index (χ4n) is 1.39. The highest BCUT2D eigenvalue weighted by molar-refractivity contribution is 7.99. The van der Waals surface area contributed by atoms with Crippen molar-refractivity contribution in [3.8, 4) is 0 Å². The Morgan fingerprint density at radius 2 is 2.26 bits per heavy atom. The molecule has 0 aliphatic rings. The molecule has 7 nitrogen and oxygen atoms in total. The lowest BCUT2D eigenvalue weighted by molar-refractivity contribution is 0.0600. The number of hydrogen-bond donors (Lipinski definition) is 2. The first kappa shape index (κ1) is 13.2. The summed E-state index contributed by atoms with van der Waals surface area (Å²) >= 11 is 1.19. The molecule has 0 amide bonds. The van der Waals surface area contributed by atoms with E-state index in [1.54, 1.807) is 25.2 Å². The first-order valence-corrected chi connectivity index (χ1v) is 6.11. The number of H-pyrrole nitrogens is 1. The number of carbonyl (C=O) groups excluding carboxylic acids is 1. The molecular formula is C11H12N4O3S. The molecule has 19 heavy (non-hydrogen) atoms. The first-order valence-electron chi connectivity index (χ1n) is 5.30. The van der Waals surface area contributed by atoms with Crippen LogP contribution in [0.3, 0.4) is 0 Å². The number of nitrogens with two attached hydrogens (primary N) is 1. The second-order valence-corrected chi connectivity index (χ2v) is 4.73. The average molecular weight is 280 g/mol. The van der Waals surface area contributed by atoms with Gasteiger partial charge >= 0.3 is 11.7 Å². The highest BCUT2D eigenvalue weighted by Crippen LogP contribution is 2.30. The Kier molecular flexibility index (Phi) is 3.61. The van der Waals surface area contributed by atoms with Crippen LogP contribution in [-0.2, 0) is 11.8 Å². The summed E-state index contributed by atoms with van der Waals surface area (Å²) in [5, 5.41) is 6.65. The summed E-state index contributed by atoms with van der Waals surface area (Å²) in [6, 6.07) is 4.79. The molecule has 0 fully saturated rings. The van der Waals surface area contributed by atoms with Gasteiger partial charge in [-0.1, -0.05) is 0 Å². The fourth-order valence-corrected chi connectivity index (χ4v) is 2.27. The number of methoxy groups -OCH3 is 1. The number of nitrogens with zero attached hydrogens (tertiary/aromatic N) is 2. The van der Waals surface area contributed by atoms with E-state index in [0.29, 0.717) is 21.3 Å². The minimum absolute atomic E-state index is 0.315. The van der Waals surface area contributed by atoms with Crippen molar-refractivity contribution in [2.24, 2.45) is 7.05 Å². The van der Waals surface area contributed by atoms with Gasteiger partial charge in [0.25, 0.3) is 0 Å². The highest BCUT2D eigenvalue weighted by Gasteiger charge is 2.12. The van der Waals surface area contributed by atoms with Gasteiger partial charge in [-0.05, 0) is 30.0 Å². The summed E-state index contributed by atoms with van der Waals surface area (Å²) in [5.41, 5.74) is 6.41. The number of ether oxygens (including phenoxy) is 1. The van der Waals surface area contributed by atoms with Crippen molar-refractivity contribution in [1.29, 1.82) is 0 Å². The van der Waals surface area contributed by atoms with Gasteiger partial charge in [0.05, 0.1) is 12.7 Å². The maximum Gasteiger partial charge on any atom is 0.343 e. The van der Waals surface area contributed by atoms with Crippen LogP contribution < -0.4 is 11.4 Å². The molecule has 0 radical (unpaired) electrons. The van der Waals surface area contributed by atoms with E-state index in [1.165, 1.54) is 23.4 Å². The Hall–Kier alpha value is -2.22. The topological polar surface area (TPSA) is 103 Å². The van der Waals surface area contributed by atoms with Crippen LogP contribution in [0, 0.1) is 0 Å². The van der Waals surface area contributed by atoms with Gasteiger partial charge in [-0.15, -0.1) is 5.10 Å². The molecule has 0 atom stereocenters. The van der Waals surface area contributed by atoms with Crippen LogP contribution in [-0.4, -0.2) is 27.8 Å². The Balaban J connectivity index is 2.37. The molecule has 0 saturated heterocycles. The third kappa shape index (κ3) is 2.63. The molecule has 2 aromatic rings. The standard InChI is InChI=1S/C11H12N4O3S/c1-15-10(17)13-14-11(15)19-8-5-6(9(16)18-2)3-4-7(8)12/h3-5H,12H2,1-2H3,(H,13,17). The van der Waals surface area contributed by atoms with Gasteiger partial charge in [0.15, 0.2) is 5.16 Å². The number of nitrogen functional groups attached to an aromatic ring is 1. The molecule has 0 aliphatic heterocycles. The van der Waals surface area contributed by atoms with E-state index in [2.05, 4.69) is 14.9 Å². The van der Waals surface area contributed by atoms with Gasteiger partial charge in [0.2, 0.25) is 0 Å². The summed E-state index contributed by atoms with van der Waals surface area (Å²) in [5.74, 6) is -0.447. The SMILES string of the molecule is COC(=O)c1ccc(N)c(Sc2n[nH]c(=O)n2C)c1. The predicted molar refractivity (Wildman–Crippen MR) is 70.1 cm³/mol. The smallest absolute Gasteiger partial charge is 0.343 e. The highest BCUT2D eigenvalue weighted by atomic mass is 32.2. The lowest BCUT2D eigenvalue weighted by Gasteiger charge is -2.06. The fraction of sp³-hybridized carbons (Fsp3) is 0.182. The van der Waals surface area contributed by atoms with Crippen molar-refractivity contribution >= 4 is 23.4 Å². The number of rotatable bonds is 3. The second kappa shape index (κ2) is 5.19. The van der Waals surface area contributed by atoms with Crippen LogP contribution in [0.15, 0.2) is 33.0 Å². The molecule has 0 bridgehead atoms. The Labute approximate surface area is 112 Å². The zero-order valence-electron chi connectivity index (χ0n) is 10.3. The maximum absolute atomic E-state index is 11.5. The van der Waals surface area contributed by atoms with Gasteiger partial charge in [-0.25, -0.2) is 14.7 Å². The van der Waals surface area contributed by atoms with Crippen LogP contribution in [0.25, 0.3) is 0 Å². The molecular weight excluding hydrogens is 268 g/mol. The number of nitrogens with one attached hydrogen (secondary N) is 1. The number of carbonyl (C=O) groups is 1. The first-order chi connectivity index (χ1) is 9.02. The van der Waals surface area contributed by atoms with E-state index in [1.807, 2.05) is 0 Å². The zero-order chi connectivity index (χ0) is 14.0. The summed E-state index contributed by atoms with van der Waals surface area (Å²) in [6.07, 6.45) is 0. The number of aromatic amines is 1. The Morgan fingerprint density at radius 3 is 2.84 bits per heavy atom. The quantitative estimate of drug-likeness (QED) is 0.631. The summed E-state index contributed by atoms with van der Waals surface area (Å²) in [6.45, 7) is 0. The van der Waals surface area contributed by atoms with Crippen molar-refractivity contribution in [2.45, 2.75) is 10.1 Å². The van der Waals surface area contributed by atoms with Crippen LogP contribution in [0.2, 0.25) is 0 Å². The Morgan fingerprint density at radius 1 is 1.53 bits per heavy atom. The van der Waals surface area contributed by atoms with Gasteiger partial charge in [-0.3, -0.25) is 4.57 Å². The van der Waals surface area contributed by atoms with Crippen LogP contribution >= 0.6 is 11.8 Å². The molecule has 0 aliphatic carbocycles.